The number of fused-ring (bicyclic) bond motifs is 1. The molecule has 1 aromatic heterocycles. The Kier molecular flexibility index (Phi) is 7.50. The Morgan fingerprint density at radius 3 is 2.64 bits per heavy atom. The van der Waals surface area contributed by atoms with Crippen LogP contribution < -0.4 is 10.3 Å². The zero-order valence-electron chi connectivity index (χ0n) is 19.6. The molecule has 3 N–H and O–H groups in total. The Hall–Kier alpha value is -2.43. The summed E-state index contributed by atoms with van der Waals surface area (Å²) >= 11 is 0. The fourth-order valence-electron chi connectivity index (χ4n) is 3.79. The molecule has 33 heavy (non-hydrogen) atoms. The first kappa shape index (κ1) is 25.2. The first-order valence-electron chi connectivity index (χ1n) is 11.2. The van der Waals surface area contributed by atoms with Crippen molar-refractivity contribution in [2.45, 2.75) is 69.4 Å². The van der Waals surface area contributed by atoms with E-state index in [1.165, 1.54) is 11.0 Å². The van der Waals surface area contributed by atoms with E-state index in [1.807, 2.05) is 0 Å². The van der Waals surface area contributed by atoms with Crippen molar-refractivity contribution in [3.8, 4) is 0 Å². The van der Waals surface area contributed by atoms with E-state index in [2.05, 4.69) is 9.71 Å². The van der Waals surface area contributed by atoms with Gasteiger partial charge in [0.1, 0.15) is 5.60 Å². The van der Waals surface area contributed by atoms with Crippen LogP contribution in [0.3, 0.4) is 0 Å². The molecular weight excluding hydrogens is 446 g/mol. The monoisotopic (exact) mass is 479 g/mol. The van der Waals surface area contributed by atoms with Gasteiger partial charge >= 0.3 is 6.09 Å². The molecule has 1 aliphatic rings. The van der Waals surface area contributed by atoms with Gasteiger partial charge < -0.3 is 19.7 Å². The summed E-state index contributed by atoms with van der Waals surface area (Å²) in [5.74, 6) is 0.235. The molecule has 0 spiro atoms. The minimum atomic E-state index is -3.99. The van der Waals surface area contributed by atoms with Gasteiger partial charge in [-0.05, 0) is 70.6 Å². The summed E-state index contributed by atoms with van der Waals surface area (Å²) in [6.45, 7) is 7.10. The van der Waals surface area contributed by atoms with Crippen LogP contribution in [-0.4, -0.2) is 60.8 Å². The van der Waals surface area contributed by atoms with E-state index in [-0.39, 0.29) is 36.1 Å². The lowest BCUT2D eigenvalue weighted by Crippen LogP contribution is -2.46. The van der Waals surface area contributed by atoms with Crippen molar-refractivity contribution in [2.24, 2.45) is 0 Å². The van der Waals surface area contributed by atoms with E-state index in [0.717, 1.165) is 18.4 Å². The maximum absolute atomic E-state index is 13.4. The molecule has 1 fully saturated rings. The molecule has 9 nitrogen and oxygen atoms in total. The van der Waals surface area contributed by atoms with E-state index in [0.29, 0.717) is 17.2 Å². The Bertz CT molecular complexity index is 1160. The number of aromatic amines is 1. The van der Waals surface area contributed by atoms with Crippen LogP contribution in [0.2, 0.25) is 0 Å². The molecule has 3 rings (SSSR count). The third-order valence-corrected chi connectivity index (χ3v) is 6.95. The molecule has 0 aliphatic heterocycles. The number of hydrogen-bond donors (Lipinski definition) is 3. The van der Waals surface area contributed by atoms with E-state index in [4.69, 9.17) is 4.74 Å². The number of pyridine rings is 1. The third kappa shape index (κ3) is 6.33. The van der Waals surface area contributed by atoms with Gasteiger partial charge in [0.25, 0.3) is 5.56 Å². The number of rotatable bonds is 9. The quantitative estimate of drug-likeness (QED) is 0.507. The Labute approximate surface area is 194 Å². The average molecular weight is 480 g/mol. The number of aliphatic hydroxyl groups excluding tert-OH is 1. The lowest BCUT2D eigenvalue weighted by atomic mass is 10.0. The predicted molar refractivity (Wildman–Crippen MR) is 126 cm³/mol. The molecule has 1 amide bonds. The number of carbonyl (C=O) groups is 1. The average Bonchev–Trinajstić information content (AvgIpc) is 3.54. The standard InChI is InChI=1S/C23H33N3O6S/c1-15(14-26(11-6-12-27)22(29)32-23(2,3)4)25-33(30,31)19-8-5-7-17-20(19)18(16-9-10-16)13-24-21(17)28/h5,7-8,13,15-16,25,27H,6,9-12,14H2,1-4H3,(H,24,28)/t15-/m1/s1. The topological polar surface area (TPSA) is 129 Å². The Morgan fingerprint density at radius 2 is 2.03 bits per heavy atom. The highest BCUT2D eigenvalue weighted by Crippen LogP contribution is 2.43. The van der Waals surface area contributed by atoms with Gasteiger partial charge in [0.15, 0.2) is 0 Å². The van der Waals surface area contributed by atoms with Gasteiger partial charge in [-0.2, -0.15) is 0 Å². The van der Waals surface area contributed by atoms with E-state index in [9.17, 15) is 23.1 Å². The van der Waals surface area contributed by atoms with Crippen LogP contribution in [0.15, 0.2) is 34.1 Å². The number of nitrogens with one attached hydrogen (secondary N) is 2. The number of nitrogens with zero attached hydrogens (tertiary/aromatic N) is 1. The van der Waals surface area contributed by atoms with Crippen LogP contribution >= 0.6 is 0 Å². The molecule has 1 aromatic carbocycles. The number of benzene rings is 1. The third-order valence-electron chi connectivity index (χ3n) is 5.31. The van der Waals surface area contributed by atoms with Gasteiger partial charge in [0, 0.05) is 42.7 Å². The van der Waals surface area contributed by atoms with Crippen molar-refractivity contribution >= 4 is 26.9 Å². The normalized spacial score (nSPS) is 15.4. The molecule has 10 heteroatoms. The van der Waals surface area contributed by atoms with Gasteiger partial charge in [-0.15, -0.1) is 0 Å². The summed E-state index contributed by atoms with van der Waals surface area (Å²) in [6, 6.07) is 4.05. The second-order valence-corrected chi connectivity index (χ2v) is 11.2. The zero-order chi connectivity index (χ0) is 24.4. The second kappa shape index (κ2) is 9.82. The largest absolute Gasteiger partial charge is 0.444 e. The smallest absolute Gasteiger partial charge is 0.410 e. The molecular formula is C23H33N3O6S. The molecule has 1 saturated carbocycles. The Morgan fingerprint density at radius 1 is 1.33 bits per heavy atom. The lowest BCUT2D eigenvalue weighted by Gasteiger charge is -2.29. The highest BCUT2D eigenvalue weighted by atomic mass is 32.2. The number of H-pyrrole nitrogens is 1. The van der Waals surface area contributed by atoms with E-state index in [1.54, 1.807) is 46.0 Å². The van der Waals surface area contributed by atoms with Crippen molar-refractivity contribution in [1.82, 2.24) is 14.6 Å². The van der Waals surface area contributed by atoms with E-state index >= 15 is 0 Å². The number of aliphatic hydroxyl groups is 1. The predicted octanol–water partition coefficient (Wildman–Crippen LogP) is 2.69. The van der Waals surface area contributed by atoms with Crippen molar-refractivity contribution < 1.29 is 23.1 Å². The summed E-state index contributed by atoms with van der Waals surface area (Å²) < 4.78 is 34.8. The number of carbonyl (C=O) groups excluding carboxylic acids is 1. The molecule has 2 aromatic rings. The van der Waals surface area contributed by atoms with Crippen LogP contribution in [0.4, 0.5) is 4.79 Å². The summed E-state index contributed by atoms with van der Waals surface area (Å²) in [5, 5.41) is 9.97. The van der Waals surface area contributed by atoms with Crippen LogP contribution in [0.5, 0.6) is 0 Å². The number of sulfonamides is 1. The molecule has 1 atom stereocenters. The van der Waals surface area contributed by atoms with Gasteiger partial charge in [0.05, 0.1) is 4.90 Å². The van der Waals surface area contributed by atoms with E-state index < -0.39 is 27.8 Å². The highest BCUT2D eigenvalue weighted by molar-refractivity contribution is 7.89. The van der Waals surface area contributed by atoms with Crippen LogP contribution in [-0.2, 0) is 14.8 Å². The first-order valence-corrected chi connectivity index (χ1v) is 12.7. The fourth-order valence-corrected chi connectivity index (χ4v) is 5.28. The zero-order valence-corrected chi connectivity index (χ0v) is 20.4. The van der Waals surface area contributed by atoms with Crippen LogP contribution in [0.1, 0.15) is 58.4 Å². The molecule has 0 saturated heterocycles. The summed E-state index contributed by atoms with van der Waals surface area (Å²) in [6.07, 6.45) is 3.29. The van der Waals surface area contributed by atoms with Crippen molar-refractivity contribution in [3.63, 3.8) is 0 Å². The molecule has 0 radical (unpaired) electrons. The first-order chi connectivity index (χ1) is 15.4. The number of hydrogen-bond acceptors (Lipinski definition) is 6. The Balaban J connectivity index is 1.86. The van der Waals surface area contributed by atoms with Gasteiger partial charge in [-0.1, -0.05) is 6.07 Å². The minimum absolute atomic E-state index is 0.0547. The van der Waals surface area contributed by atoms with Crippen LogP contribution in [0, 0.1) is 0 Å². The number of aromatic nitrogens is 1. The lowest BCUT2D eigenvalue weighted by molar-refractivity contribution is 0.0229. The second-order valence-electron chi connectivity index (χ2n) is 9.55. The molecule has 1 aliphatic carbocycles. The molecule has 0 bridgehead atoms. The van der Waals surface area contributed by atoms with Crippen molar-refractivity contribution in [2.75, 3.05) is 19.7 Å². The summed E-state index contributed by atoms with van der Waals surface area (Å²) in [4.78, 5) is 29.1. The van der Waals surface area contributed by atoms with Crippen molar-refractivity contribution in [3.05, 3.63) is 40.3 Å². The van der Waals surface area contributed by atoms with Crippen LogP contribution in [0.25, 0.3) is 10.8 Å². The van der Waals surface area contributed by atoms with Gasteiger partial charge in [-0.3, -0.25) is 4.79 Å². The highest BCUT2D eigenvalue weighted by Gasteiger charge is 2.31. The summed E-state index contributed by atoms with van der Waals surface area (Å²) in [7, 11) is -3.99. The van der Waals surface area contributed by atoms with Crippen molar-refractivity contribution in [1.29, 1.82) is 0 Å². The maximum atomic E-state index is 13.4. The number of ether oxygens (including phenoxy) is 1. The maximum Gasteiger partial charge on any atom is 0.410 e. The van der Waals surface area contributed by atoms with Gasteiger partial charge in [0.2, 0.25) is 10.0 Å². The fraction of sp³-hybridized carbons (Fsp3) is 0.565. The number of amides is 1. The van der Waals surface area contributed by atoms with Gasteiger partial charge in [-0.25, -0.2) is 17.9 Å². The SMILES string of the molecule is C[C@H](CN(CCCO)C(=O)OC(C)(C)C)NS(=O)(=O)c1cccc2c(=O)[nH]cc(C3CC3)c12. The summed E-state index contributed by atoms with van der Waals surface area (Å²) in [5.41, 5.74) is -0.205. The molecule has 182 valence electrons. The minimum Gasteiger partial charge on any atom is -0.444 e. The molecule has 1 heterocycles. The molecule has 0 unspecified atom stereocenters.